The number of carbonyl (C=O) groups excluding carboxylic acids is 3. The number of ketones is 3. The summed E-state index contributed by atoms with van der Waals surface area (Å²) < 4.78 is 0. The van der Waals surface area contributed by atoms with Gasteiger partial charge in [0.15, 0.2) is 11.6 Å². The minimum absolute atomic E-state index is 0.234. The molecule has 0 saturated carbocycles. The topological polar surface area (TPSA) is 138 Å². The molecule has 0 heterocycles. The van der Waals surface area contributed by atoms with Gasteiger partial charge in [-0.1, -0.05) is 60.7 Å². The first kappa shape index (κ1) is 23.3. The molecule has 2 aromatic carbocycles. The molecule has 0 aliphatic heterocycles. The van der Waals surface area contributed by atoms with Crippen molar-refractivity contribution in [3.63, 3.8) is 0 Å². The van der Waals surface area contributed by atoms with E-state index in [9.17, 15) is 14.4 Å². The summed E-state index contributed by atoms with van der Waals surface area (Å²) in [7, 11) is 0. The average molecular weight is 387 g/mol. The summed E-state index contributed by atoms with van der Waals surface area (Å²) >= 11 is 0. The molecule has 7 heteroatoms. The van der Waals surface area contributed by atoms with Crippen LogP contribution in [0.2, 0.25) is 0 Å². The minimum Gasteiger partial charge on any atom is -0.394 e. The third kappa shape index (κ3) is 7.89. The molecule has 150 valence electrons. The number of Topliss-reactive ketones (excluding diaryl/α,β-unsaturated/α-hetero) is 3. The highest BCUT2D eigenvalue weighted by Gasteiger charge is 2.20. The van der Waals surface area contributed by atoms with Gasteiger partial charge in [-0.05, 0) is 0 Å². The Morgan fingerprint density at radius 1 is 0.679 bits per heavy atom. The zero-order chi connectivity index (χ0) is 21.0. The van der Waals surface area contributed by atoms with Crippen molar-refractivity contribution >= 4 is 17.3 Å². The van der Waals surface area contributed by atoms with Crippen LogP contribution in [-0.4, -0.2) is 58.0 Å². The lowest BCUT2D eigenvalue weighted by Gasteiger charge is -2.20. The summed E-state index contributed by atoms with van der Waals surface area (Å²) in [5.74, 6) is -0.861. The van der Waals surface area contributed by atoms with Crippen LogP contribution >= 0.6 is 0 Å². The lowest BCUT2D eigenvalue weighted by molar-refractivity contribution is -0.117. The molecule has 0 unspecified atom stereocenters. The van der Waals surface area contributed by atoms with E-state index in [-0.39, 0.29) is 30.2 Å². The lowest BCUT2D eigenvalue weighted by atomic mass is 10.0. The average Bonchev–Trinajstić information content (AvgIpc) is 2.74. The molecule has 0 bridgehead atoms. The van der Waals surface area contributed by atoms with Crippen LogP contribution < -0.4 is 5.73 Å². The standard InChI is InChI=1S/C17H14O3.C4H11NO3/c18-15(11-16(19)13-7-3-1-4-8-13)12-17(20)14-9-5-2-6-10-14;5-4(1-6,2-7)3-8/h1-10H,11-12H2;6-8H,1-3,5H2. The summed E-state index contributed by atoms with van der Waals surface area (Å²) in [6, 6.07) is 17.2. The van der Waals surface area contributed by atoms with Gasteiger partial charge in [-0.25, -0.2) is 0 Å². The van der Waals surface area contributed by atoms with E-state index in [0.717, 1.165) is 0 Å². The van der Waals surface area contributed by atoms with E-state index in [4.69, 9.17) is 21.1 Å². The van der Waals surface area contributed by atoms with Crippen molar-refractivity contribution in [1.29, 1.82) is 0 Å². The minimum atomic E-state index is -1.21. The van der Waals surface area contributed by atoms with E-state index >= 15 is 0 Å². The van der Waals surface area contributed by atoms with Crippen molar-refractivity contribution in [2.45, 2.75) is 18.4 Å². The van der Waals surface area contributed by atoms with Crippen LogP contribution in [0.3, 0.4) is 0 Å². The highest BCUT2D eigenvalue weighted by molar-refractivity contribution is 6.15. The Morgan fingerprint density at radius 2 is 1.00 bits per heavy atom. The first-order chi connectivity index (χ1) is 13.3. The summed E-state index contributed by atoms with van der Waals surface area (Å²) in [5.41, 5.74) is 4.92. The fourth-order valence-electron chi connectivity index (χ4n) is 2.02. The maximum atomic E-state index is 11.8. The zero-order valence-electron chi connectivity index (χ0n) is 15.5. The van der Waals surface area contributed by atoms with Crippen molar-refractivity contribution in [3.05, 3.63) is 71.8 Å². The van der Waals surface area contributed by atoms with Crippen LogP contribution in [-0.2, 0) is 4.79 Å². The van der Waals surface area contributed by atoms with Crippen LogP contribution in [0.15, 0.2) is 60.7 Å². The van der Waals surface area contributed by atoms with Crippen LogP contribution in [0, 0.1) is 0 Å². The van der Waals surface area contributed by atoms with E-state index in [1.165, 1.54) is 0 Å². The Morgan fingerprint density at radius 3 is 1.25 bits per heavy atom. The molecule has 0 atom stereocenters. The van der Waals surface area contributed by atoms with Gasteiger partial charge >= 0.3 is 0 Å². The van der Waals surface area contributed by atoms with Crippen LogP contribution in [0.25, 0.3) is 0 Å². The molecule has 0 amide bonds. The van der Waals surface area contributed by atoms with Crippen molar-refractivity contribution in [1.82, 2.24) is 0 Å². The normalized spacial score (nSPS) is 10.6. The lowest BCUT2D eigenvalue weighted by Crippen LogP contribution is -2.50. The van der Waals surface area contributed by atoms with Gasteiger partial charge in [0.05, 0.1) is 38.2 Å². The van der Waals surface area contributed by atoms with Crippen molar-refractivity contribution < 1.29 is 29.7 Å². The molecule has 2 aromatic rings. The van der Waals surface area contributed by atoms with Gasteiger partial charge in [0.25, 0.3) is 0 Å². The molecule has 7 nitrogen and oxygen atoms in total. The van der Waals surface area contributed by atoms with Gasteiger partial charge in [0.1, 0.15) is 5.78 Å². The monoisotopic (exact) mass is 387 g/mol. The molecule has 0 saturated heterocycles. The molecule has 0 aliphatic rings. The molecular weight excluding hydrogens is 362 g/mol. The highest BCUT2D eigenvalue weighted by Crippen LogP contribution is 2.08. The summed E-state index contributed by atoms with van der Waals surface area (Å²) in [6.45, 7) is -1.21. The second-order valence-electron chi connectivity index (χ2n) is 6.31. The summed E-state index contributed by atoms with van der Waals surface area (Å²) in [5, 5.41) is 25.0. The van der Waals surface area contributed by atoms with E-state index in [1.54, 1.807) is 60.7 Å². The summed E-state index contributed by atoms with van der Waals surface area (Å²) in [6.07, 6.45) is -0.467. The van der Waals surface area contributed by atoms with Crippen LogP contribution in [0.4, 0.5) is 0 Å². The van der Waals surface area contributed by atoms with E-state index in [0.29, 0.717) is 11.1 Å². The van der Waals surface area contributed by atoms with Gasteiger partial charge in [-0.3, -0.25) is 14.4 Å². The molecule has 0 aliphatic carbocycles. The third-order valence-corrected chi connectivity index (χ3v) is 3.85. The number of rotatable bonds is 9. The smallest absolute Gasteiger partial charge is 0.170 e. The highest BCUT2D eigenvalue weighted by atomic mass is 16.3. The Bertz CT molecular complexity index is 693. The number of carbonyl (C=O) groups is 3. The van der Waals surface area contributed by atoms with Gasteiger partial charge in [-0.15, -0.1) is 0 Å². The number of benzene rings is 2. The predicted octanol–water partition coefficient (Wildman–Crippen LogP) is 0.762. The van der Waals surface area contributed by atoms with E-state index in [1.807, 2.05) is 0 Å². The SMILES string of the molecule is NC(CO)(CO)CO.O=C(CC(=O)c1ccccc1)CC(=O)c1ccccc1. The Hall–Kier alpha value is -2.71. The molecule has 0 aromatic heterocycles. The zero-order valence-corrected chi connectivity index (χ0v) is 15.5. The molecule has 28 heavy (non-hydrogen) atoms. The molecule has 5 N–H and O–H groups in total. The van der Waals surface area contributed by atoms with Crippen molar-refractivity contribution in [2.24, 2.45) is 5.73 Å². The Kier molecular flexibility index (Phi) is 9.91. The van der Waals surface area contributed by atoms with Crippen molar-refractivity contribution in [2.75, 3.05) is 19.8 Å². The molecule has 0 fully saturated rings. The maximum absolute atomic E-state index is 11.8. The second-order valence-corrected chi connectivity index (χ2v) is 6.31. The largest absolute Gasteiger partial charge is 0.394 e. The van der Waals surface area contributed by atoms with E-state index in [2.05, 4.69) is 0 Å². The fraction of sp³-hybridized carbons (Fsp3) is 0.286. The van der Waals surface area contributed by atoms with Crippen molar-refractivity contribution in [3.8, 4) is 0 Å². The maximum Gasteiger partial charge on any atom is 0.170 e. The quantitative estimate of drug-likeness (QED) is 0.368. The number of hydrogen-bond acceptors (Lipinski definition) is 7. The Labute approximate surface area is 163 Å². The molecule has 0 radical (unpaired) electrons. The number of aliphatic hydroxyl groups is 3. The van der Waals surface area contributed by atoms with Gasteiger partial charge in [0, 0.05) is 11.1 Å². The first-order valence-electron chi connectivity index (χ1n) is 8.65. The first-order valence-corrected chi connectivity index (χ1v) is 8.65. The van der Waals surface area contributed by atoms with Gasteiger partial charge in [-0.2, -0.15) is 0 Å². The third-order valence-electron chi connectivity index (χ3n) is 3.85. The fourth-order valence-corrected chi connectivity index (χ4v) is 2.02. The van der Waals surface area contributed by atoms with Gasteiger partial charge in [0.2, 0.25) is 0 Å². The molecule has 2 rings (SSSR count). The van der Waals surface area contributed by atoms with E-state index < -0.39 is 25.4 Å². The number of hydrogen-bond donors (Lipinski definition) is 4. The second kappa shape index (κ2) is 11.9. The number of aliphatic hydroxyl groups excluding tert-OH is 3. The summed E-state index contributed by atoms with van der Waals surface area (Å²) in [4.78, 5) is 35.5. The van der Waals surface area contributed by atoms with Gasteiger partial charge < -0.3 is 21.1 Å². The molecule has 0 spiro atoms. The number of nitrogens with two attached hydrogens (primary N) is 1. The Balaban J connectivity index is 0.000000416. The predicted molar refractivity (Wildman–Crippen MR) is 104 cm³/mol. The van der Waals surface area contributed by atoms with Crippen LogP contribution in [0.1, 0.15) is 33.6 Å². The molecular formula is C21H25NO6. The van der Waals surface area contributed by atoms with Crippen LogP contribution in [0.5, 0.6) is 0 Å².